The molecule has 0 aliphatic heterocycles. The molecule has 4 heteroatoms. The Morgan fingerprint density at radius 1 is 1.16 bits per heavy atom. The van der Waals surface area contributed by atoms with E-state index in [0.29, 0.717) is 26.3 Å². The second-order valence-corrected chi connectivity index (χ2v) is 4.22. The largest absolute Gasteiger partial charge is 0.460 e. The van der Waals surface area contributed by atoms with Gasteiger partial charge < -0.3 is 19.2 Å². The Morgan fingerprint density at radius 2 is 1.89 bits per heavy atom. The van der Waals surface area contributed by atoms with Gasteiger partial charge in [-0.3, -0.25) is 0 Å². The highest BCUT2D eigenvalue weighted by atomic mass is 16.7. The fourth-order valence-electron chi connectivity index (χ4n) is 1.97. The zero-order valence-corrected chi connectivity index (χ0v) is 11.5. The SMILES string of the molecule is CCOC(CNCc1cc2ccccc2o1)OCC. The number of rotatable bonds is 8. The first kappa shape index (κ1) is 14.1. The van der Waals surface area contributed by atoms with Crippen molar-refractivity contribution in [1.29, 1.82) is 0 Å². The van der Waals surface area contributed by atoms with Crippen LogP contribution in [-0.2, 0) is 16.0 Å². The Morgan fingerprint density at radius 3 is 2.58 bits per heavy atom. The summed E-state index contributed by atoms with van der Waals surface area (Å²) in [5, 5.41) is 4.42. The molecule has 0 unspecified atom stereocenters. The molecule has 4 nitrogen and oxygen atoms in total. The molecule has 0 saturated heterocycles. The van der Waals surface area contributed by atoms with Gasteiger partial charge in [-0.2, -0.15) is 0 Å². The minimum Gasteiger partial charge on any atom is -0.460 e. The molecule has 1 N–H and O–H groups in total. The first-order valence-electron chi connectivity index (χ1n) is 6.74. The molecule has 1 heterocycles. The minimum absolute atomic E-state index is 0.195. The van der Waals surface area contributed by atoms with Gasteiger partial charge in [-0.25, -0.2) is 0 Å². The molecule has 0 aliphatic rings. The summed E-state index contributed by atoms with van der Waals surface area (Å²) >= 11 is 0. The van der Waals surface area contributed by atoms with E-state index in [0.717, 1.165) is 16.7 Å². The van der Waals surface area contributed by atoms with Crippen molar-refractivity contribution in [3.8, 4) is 0 Å². The normalized spacial score (nSPS) is 11.5. The third kappa shape index (κ3) is 4.06. The van der Waals surface area contributed by atoms with Crippen molar-refractivity contribution >= 4 is 11.0 Å². The van der Waals surface area contributed by atoms with Crippen molar-refractivity contribution in [2.75, 3.05) is 19.8 Å². The number of benzene rings is 1. The van der Waals surface area contributed by atoms with E-state index in [-0.39, 0.29) is 6.29 Å². The summed E-state index contributed by atoms with van der Waals surface area (Å²) in [5.41, 5.74) is 0.922. The van der Waals surface area contributed by atoms with Crippen LogP contribution in [0.15, 0.2) is 34.7 Å². The van der Waals surface area contributed by atoms with E-state index < -0.39 is 0 Å². The zero-order chi connectivity index (χ0) is 13.5. The highest BCUT2D eigenvalue weighted by molar-refractivity contribution is 5.77. The van der Waals surface area contributed by atoms with Gasteiger partial charge >= 0.3 is 0 Å². The van der Waals surface area contributed by atoms with Crippen molar-refractivity contribution < 1.29 is 13.9 Å². The van der Waals surface area contributed by atoms with Gasteiger partial charge in [0, 0.05) is 25.1 Å². The van der Waals surface area contributed by atoms with Crippen LogP contribution >= 0.6 is 0 Å². The monoisotopic (exact) mass is 263 g/mol. The molecule has 19 heavy (non-hydrogen) atoms. The molecule has 0 radical (unpaired) electrons. The van der Waals surface area contributed by atoms with E-state index >= 15 is 0 Å². The van der Waals surface area contributed by atoms with Crippen LogP contribution in [0.4, 0.5) is 0 Å². The zero-order valence-electron chi connectivity index (χ0n) is 11.5. The average Bonchev–Trinajstić information content (AvgIpc) is 2.82. The van der Waals surface area contributed by atoms with Gasteiger partial charge in [0.05, 0.1) is 6.54 Å². The fraction of sp³-hybridized carbons (Fsp3) is 0.467. The maximum Gasteiger partial charge on any atom is 0.169 e. The quantitative estimate of drug-likeness (QED) is 0.744. The Bertz CT molecular complexity index is 456. The molecule has 1 aromatic heterocycles. The fourth-order valence-corrected chi connectivity index (χ4v) is 1.97. The van der Waals surface area contributed by atoms with Crippen LogP contribution in [0.3, 0.4) is 0 Å². The first-order valence-corrected chi connectivity index (χ1v) is 6.74. The Kier molecular flexibility index (Phi) is 5.39. The second kappa shape index (κ2) is 7.28. The first-order chi connectivity index (χ1) is 9.33. The van der Waals surface area contributed by atoms with Crippen molar-refractivity contribution in [1.82, 2.24) is 5.32 Å². The number of nitrogens with one attached hydrogen (secondary N) is 1. The minimum atomic E-state index is -0.195. The summed E-state index contributed by atoms with van der Waals surface area (Å²) in [6.45, 7) is 6.55. The number of hydrogen-bond acceptors (Lipinski definition) is 4. The topological polar surface area (TPSA) is 43.6 Å². The lowest BCUT2D eigenvalue weighted by Crippen LogP contribution is -2.31. The molecule has 104 valence electrons. The molecular weight excluding hydrogens is 242 g/mol. The molecule has 0 spiro atoms. The molecular formula is C15H21NO3. The molecule has 0 saturated carbocycles. The van der Waals surface area contributed by atoms with Crippen LogP contribution in [0.25, 0.3) is 11.0 Å². The Balaban J connectivity index is 1.84. The van der Waals surface area contributed by atoms with Gasteiger partial charge in [-0.1, -0.05) is 18.2 Å². The van der Waals surface area contributed by atoms with Crippen LogP contribution in [0.5, 0.6) is 0 Å². The number of furan rings is 1. The van der Waals surface area contributed by atoms with E-state index in [4.69, 9.17) is 13.9 Å². The maximum atomic E-state index is 5.73. The molecule has 0 atom stereocenters. The Labute approximate surface area is 113 Å². The van der Waals surface area contributed by atoms with Crippen LogP contribution < -0.4 is 5.32 Å². The van der Waals surface area contributed by atoms with Crippen LogP contribution in [0, 0.1) is 0 Å². The lowest BCUT2D eigenvalue weighted by atomic mass is 10.2. The summed E-state index contributed by atoms with van der Waals surface area (Å²) in [4.78, 5) is 0. The maximum absolute atomic E-state index is 5.73. The van der Waals surface area contributed by atoms with Crippen molar-refractivity contribution in [3.05, 3.63) is 36.1 Å². The predicted octanol–water partition coefficient (Wildman–Crippen LogP) is 2.92. The highest BCUT2D eigenvalue weighted by Crippen LogP contribution is 2.18. The summed E-state index contributed by atoms with van der Waals surface area (Å²) < 4.78 is 16.7. The molecule has 2 rings (SSSR count). The van der Waals surface area contributed by atoms with Gasteiger partial charge in [0.25, 0.3) is 0 Å². The summed E-state index contributed by atoms with van der Waals surface area (Å²) in [5.74, 6) is 0.924. The van der Waals surface area contributed by atoms with Crippen molar-refractivity contribution in [2.24, 2.45) is 0 Å². The third-order valence-electron chi connectivity index (χ3n) is 2.79. The Hall–Kier alpha value is -1.36. The summed E-state index contributed by atoms with van der Waals surface area (Å²) in [7, 11) is 0. The van der Waals surface area contributed by atoms with Gasteiger partial charge in [0.1, 0.15) is 11.3 Å². The average molecular weight is 263 g/mol. The standard InChI is InChI=1S/C15H21NO3/c1-3-17-15(18-4-2)11-16-10-13-9-12-7-5-6-8-14(12)19-13/h5-9,15-16H,3-4,10-11H2,1-2H3. The van der Waals surface area contributed by atoms with E-state index in [2.05, 4.69) is 11.4 Å². The van der Waals surface area contributed by atoms with Gasteiger partial charge in [0.15, 0.2) is 6.29 Å². The molecule has 1 aromatic carbocycles. The van der Waals surface area contributed by atoms with E-state index in [1.165, 1.54) is 0 Å². The number of hydrogen-bond donors (Lipinski definition) is 1. The number of ether oxygens (including phenoxy) is 2. The molecule has 0 amide bonds. The number of para-hydroxylation sites is 1. The predicted molar refractivity (Wildman–Crippen MR) is 75.0 cm³/mol. The van der Waals surface area contributed by atoms with E-state index in [1.54, 1.807) is 0 Å². The van der Waals surface area contributed by atoms with Gasteiger partial charge in [-0.05, 0) is 26.0 Å². The lowest BCUT2D eigenvalue weighted by Gasteiger charge is -2.16. The third-order valence-corrected chi connectivity index (χ3v) is 2.79. The molecule has 0 aliphatic carbocycles. The molecule has 0 fully saturated rings. The highest BCUT2D eigenvalue weighted by Gasteiger charge is 2.08. The van der Waals surface area contributed by atoms with Crippen molar-refractivity contribution in [2.45, 2.75) is 26.7 Å². The van der Waals surface area contributed by atoms with Gasteiger partial charge in [-0.15, -0.1) is 0 Å². The smallest absolute Gasteiger partial charge is 0.169 e. The summed E-state index contributed by atoms with van der Waals surface area (Å²) in [6, 6.07) is 10.1. The molecule has 2 aromatic rings. The van der Waals surface area contributed by atoms with Gasteiger partial charge in [0.2, 0.25) is 0 Å². The van der Waals surface area contributed by atoms with E-state index in [9.17, 15) is 0 Å². The van der Waals surface area contributed by atoms with Crippen LogP contribution in [-0.4, -0.2) is 26.0 Å². The summed E-state index contributed by atoms with van der Waals surface area (Å²) in [6.07, 6.45) is -0.195. The molecule has 0 bridgehead atoms. The van der Waals surface area contributed by atoms with Crippen LogP contribution in [0.1, 0.15) is 19.6 Å². The van der Waals surface area contributed by atoms with Crippen LogP contribution in [0.2, 0.25) is 0 Å². The van der Waals surface area contributed by atoms with E-state index in [1.807, 2.05) is 38.1 Å². The number of fused-ring (bicyclic) bond motifs is 1. The van der Waals surface area contributed by atoms with Crippen molar-refractivity contribution in [3.63, 3.8) is 0 Å². The lowest BCUT2D eigenvalue weighted by molar-refractivity contribution is -0.133. The second-order valence-electron chi connectivity index (χ2n) is 4.22.